The molecule has 1 saturated heterocycles. The van der Waals surface area contributed by atoms with E-state index in [1.807, 2.05) is 13.8 Å². The third-order valence-electron chi connectivity index (χ3n) is 2.36. The maximum atomic E-state index is 5.75. The van der Waals surface area contributed by atoms with Gasteiger partial charge in [-0.05, 0) is 26.7 Å². The summed E-state index contributed by atoms with van der Waals surface area (Å²) in [5.74, 6) is -0.379. The van der Waals surface area contributed by atoms with Gasteiger partial charge in [-0.1, -0.05) is 0 Å². The number of fused-ring (bicyclic) bond motifs is 1. The lowest BCUT2D eigenvalue weighted by Gasteiger charge is -2.19. The molecule has 2 aliphatic rings. The standard InChI is InChI=1S/C8H15NO2/c1-8(2)10-6-3-5(9)4-7(6)11-8/h5-7H,3-4,9H2,1-2H3/t5?,6-,7+. The van der Waals surface area contributed by atoms with Gasteiger partial charge in [-0.15, -0.1) is 0 Å². The van der Waals surface area contributed by atoms with Crippen LogP contribution in [0.3, 0.4) is 0 Å². The Hall–Kier alpha value is -0.120. The highest BCUT2D eigenvalue weighted by Gasteiger charge is 2.46. The van der Waals surface area contributed by atoms with Gasteiger partial charge < -0.3 is 15.2 Å². The Morgan fingerprint density at radius 1 is 1.18 bits per heavy atom. The van der Waals surface area contributed by atoms with Crippen LogP contribution >= 0.6 is 0 Å². The number of nitrogens with two attached hydrogens (primary N) is 1. The molecule has 64 valence electrons. The number of hydrogen-bond acceptors (Lipinski definition) is 3. The lowest BCUT2D eigenvalue weighted by Crippen LogP contribution is -2.26. The molecule has 0 bridgehead atoms. The molecule has 2 N–H and O–H groups in total. The van der Waals surface area contributed by atoms with Crippen LogP contribution in [0.15, 0.2) is 0 Å². The minimum absolute atomic E-state index is 0.250. The van der Waals surface area contributed by atoms with E-state index >= 15 is 0 Å². The van der Waals surface area contributed by atoms with Crippen LogP contribution in [0.25, 0.3) is 0 Å². The first-order valence-corrected chi connectivity index (χ1v) is 4.18. The van der Waals surface area contributed by atoms with Crippen LogP contribution in [0.2, 0.25) is 0 Å². The van der Waals surface area contributed by atoms with E-state index < -0.39 is 0 Å². The number of rotatable bonds is 0. The normalized spacial score (nSPS) is 47.7. The fourth-order valence-electron chi connectivity index (χ4n) is 2.00. The zero-order valence-electron chi connectivity index (χ0n) is 7.04. The van der Waals surface area contributed by atoms with Gasteiger partial charge in [0.05, 0.1) is 12.2 Å². The van der Waals surface area contributed by atoms with Crippen LogP contribution < -0.4 is 5.73 Å². The zero-order valence-corrected chi connectivity index (χ0v) is 7.04. The van der Waals surface area contributed by atoms with Crippen molar-refractivity contribution in [3.8, 4) is 0 Å². The first-order chi connectivity index (χ1) is 5.07. The SMILES string of the molecule is CC1(C)O[C@H]2CC(N)C[C@H]2O1. The third-order valence-corrected chi connectivity index (χ3v) is 2.36. The van der Waals surface area contributed by atoms with Crippen molar-refractivity contribution in [3.63, 3.8) is 0 Å². The van der Waals surface area contributed by atoms with Crippen molar-refractivity contribution < 1.29 is 9.47 Å². The quantitative estimate of drug-likeness (QED) is 0.561. The van der Waals surface area contributed by atoms with Gasteiger partial charge in [-0.2, -0.15) is 0 Å². The molecule has 0 spiro atoms. The Labute approximate surface area is 66.8 Å². The van der Waals surface area contributed by atoms with E-state index in [2.05, 4.69) is 0 Å². The molecular weight excluding hydrogens is 142 g/mol. The Kier molecular flexibility index (Phi) is 1.50. The van der Waals surface area contributed by atoms with Crippen LogP contribution in [-0.2, 0) is 9.47 Å². The van der Waals surface area contributed by atoms with Gasteiger partial charge in [0.15, 0.2) is 5.79 Å². The lowest BCUT2D eigenvalue weighted by atomic mass is 10.3. The molecule has 0 aromatic rings. The van der Waals surface area contributed by atoms with Crippen molar-refractivity contribution in [1.82, 2.24) is 0 Å². The van der Waals surface area contributed by atoms with E-state index in [9.17, 15) is 0 Å². The Morgan fingerprint density at radius 2 is 1.64 bits per heavy atom. The summed E-state index contributed by atoms with van der Waals surface area (Å²) < 4.78 is 11.3. The molecule has 3 heteroatoms. The van der Waals surface area contributed by atoms with Crippen molar-refractivity contribution >= 4 is 0 Å². The minimum atomic E-state index is -0.379. The molecule has 1 aliphatic heterocycles. The summed E-state index contributed by atoms with van der Waals surface area (Å²) in [5.41, 5.74) is 5.75. The fourth-order valence-corrected chi connectivity index (χ4v) is 2.00. The van der Waals surface area contributed by atoms with Crippen molar-refractivity contribution in [3.05, 3.63) is 0 Å². The maximum Gasteiger partial charge on any atom is 0.163 e. The first kappa shape index (κ1) is 7.53. The summed E-state index contributed by atoms with van der Waals surface area (Å²) in [7, 11) is 0. The van der Waals surface area contributed by atoms with Crippen LogP contribution in [-0.4, -0.2) is 24.0 Å². The molecule has 3 atom stereocenters. The summed E-state index contributed by atoms with van der Waals surface area (Å²) in [5, 5.41) is 0. The highest BCUT2D eigenvalue weighted by atomic mass is 16.8. The Morgan fingerprint density at radius 3 is 2.09 bits per heavy atom. The molecule has 2 fully saturated rings. The summed E-state index contributed by atoms with van der Waals surface area (Å²) in [4.78, 5) is 0. The minimum Gasteiger partial charge on any atom is -0.345 e. The molecule has 0 aromatic carbocycles. The van der Waals surface area contributed by atoms with E-state index in [4.69, 9.17) is 15.2 Å². The summed E-state index contributed by atoms with van der Waals surface area (Å²) in [6, 6.07) is 0.279. The monoisotopic (exact) mass is 157 g/mol. The number of hydrogen-bond donors (Lipinski definition) is 1. The fraction of sp³-hybridized carbons (Fsp3) is 1.00. The molecule has 2 rings (SSSR count). The second-order valence-corrected chi connectivity index (χ2v) is 3.94. The van der Waals surface area contributed by atoms with E-state index in [-0.39, 0.29) is 24.0 Å². The second kappa shape index (κ2) is 2.19. The molecule has 1 heterocycles. The molecule has 0 radical (unpaired) electrons. The van der Waals surface area contributed by atoms with Crippen molar-refractivity contribution in [2.75, 3.05) is 0 Å². The molecule has 0 aromatic heterocycles. The molecular formula is C8H15NO2. The van der Waals surface area contributed by atoms with Gasteiger partial charge in [0.25, 0.3) is 0 Å². The predicted octanol–water partition coefficient (Wildman–Crippen LogP) is 0.628. The van der Waals surface area contributed by atoms with Crippen LogP contribution in [0, 0.1) is 0 Å². The molecule has 1 aliphatic carbocycles. The summed E-state index contributed by atoms with van der Waals surface area (Å²) in [6.45, 7) is 3.91. The maximum absolute atomic E-state index is 5.75. The average Bonchev–Trinajstić information content (AvgIpc) is 2.17. The van der Waals surface area contributed by atoms with Gasteiger partial charge in [0.2, 0.25) is 0 Å². The lowest BCUT2D eigenvalue weighted by molar-refractivity contribution is -0.151. The average molecular weight is 157 g/mol. The van der Waals surface area contributed by atoms with Crippen molar-refractivity contribution in [1.29, 1.82) is 0 Å². The molecule has 1 saturated carbocycles. The van der Waals surface area contributed by atoms with E-state index in [0.717, 1.165) is 12.8 Å². The molecule has 0 amide bonds. The van der Waals surface area contributed by atoms with Gasteiger partial charge in [-0.3, -0.25) is 0 Å². The van der Waals surface area contributed by atoms with E-state index in [0.29, 0.717) is 0 Å². The van der Waals surface area contributed by atoms with Gasteiger partial charge >= 0.3 is 0 Å². The molecule has 1 unspecified atom stereocenters. The zero-order chi connectivity index (χ0) is 8.06. The van der Waals surface area contributed by atoms with Gasteiger partial charge in [0, 0.05) is 6.04 Å². The smallest absolute Gasteiger partial charge is 0.163 e. The van der Waals surface area contributed by atoms with Crippen molar-refractivity contribution in [2.45, 2.75) is 50.7 Å². The largest absolute Gasteiger partial charge is 0.345 e. The molecule has 3 nitrogen and oxygen atoms in total. The van der Waals surface area contributed by atoms with Crippen LogP contribution in [0.4, 0.5) is 0 Å². The van der Waals surface area contributed by atoms with Gasteiger partial charge in [-0.25, -0.2) is 0 Å². The van der Waals surface area contributed by atoms with E-state index in [1.54, 1.807) is 0 Å². The highest BCUT2D eigenvalue weighted by molar-refractivity contribution is 4.92. The van der Waals surface area contributed by atoms with Crippen molar-refractivity contribution in [2.24, 2.45) is 5.73 Å². The topological polar surface area (TPSA) is 44.5 Å². The highest BCUT2D eigenvalue weighted by Crippen LogP contribution is 2.37. The van der Waals surface area contributed by atoms with E-state index in [1.165, 1.54) is 0 Å². The second-order valence-electron chi connectivity index (χ2n) is 3.94. The summed E-state index contributed by atoms with van der Waals surface area (Å²) >= 11 is 0. The Bertz CT molecular complexity index is 153. The first-order valence-electron chi connectivity index (χ1n) is 4.18. The molecule has 11 heavy (non-hydrogen) atoms. The third kappa shape index (κ3) is 1.28. The Balaban J connectivity index is 2.04. The van der Waals surface area contributed by atoms with Crippen LogP contribution in [0.5, 0.6) is 0 Å². The van der Waals surface area contributed by atoms with Crippen LogP contribution in [0.1, 0.15) is 26.7 Å². The number of ether oxygens (including phenoxy) is 2. The predicted molar refractivity (Wildman–Crippen MR) is 41.0 cm³/mol. The van der Waals surface area contributed by atoms with Gasteiger partial charge in [0.1, 0.15) is 0 Å². The summed E-state index contributed by atoms with van der Waals surface area (Å²) in [6.07, 6.45) is 2.40.